The summed E-state index contributed by atoms with van der Waals surface area (Å²) in [6.07, 6.45) is 0. The molecule has 0 saturated heterocycles. The van der Waals surface area contributed by atoms with Crippen LogP contribution >= 0.6 is 0 Å². The van der Waals surface area contributed by atoms with Gasteiger partial charge in [0.15, 0.2) is 11.5 Å². The van der Waals surface area contributed by atoms with E-state index in [4.69, 9.17) is 19.0 Å². The molecule has 0 fully saturated rings. The predicted molar refractivity (Wildman–Crippen MR) is 116 cm³/mol. The van der Waals surface area contributed by atoms with Gasteiger partial charge < -0.3 is 24.3 Å². The van der Waals surface area contributed by atoms with Gasteiger partial charge in [-0.1, -0.05) is 71.8 Å². The van der Waals surface area contributed by atoms with E-state index < -0.39 is 0 Å². The maximum absolute atomic E-state index is 9.03. The van der Waals surface area contributed by atoms with Gasteiger partial charge in [-0.25, -0.2) is 0 Å². The van der Waals surface area contributed by atoms with Crippen LogP contribution < -0.4 is 14.8 Å². The van der Waals surface area contributed by atoms with E-state index in [0.717, 1.165) is 16.7 Å². The zero-order valence-corrected chi connectivity index (χ0v) is 16.9. The molecule has 4 aromatic rings. The summed E-state index contributed by atoms with van der Waals surface area (Å²) < 4.78 is 17.4. The van der Waals surface area contributed by atoms with Crippen molar-refractivity contribution in [1.82, 2.24) is 10.2 Å². The largest absolute Gasteiger partial charge is 0.485 e. The van der Waals surface area contributed by atoms with E-state index in [1.54, 1.807) is 0 Å². The van der Waals surface area contributed by atoms with Gasteiger partial charge in [0, 0.05) is 6.54 Å². The van der Waals surface area contributed by atoms with Crippen LogP contribution in [-0.4, -0.2) is 15.3 Å². The number of nitrogens with zero attached hydrogens (tertiary/aromatic N) is 2. The lowest BCUT2D eigenvalue weighted by Gasteiger charge is -2.15. The van der Waals surface area contributed by atoms with Crippen molar-refractivity contribution in [2.24, 2.45) is 0 Å². The molecule has 0 atom stereocenters. The average molecular weight is 417 g/mol. The summed E-state index contributed by atoms with van der Waals surface area (Å²) in [7, 11) is 0. The molecule has 158 valence electrons. The summed E-state index contributed by atoms with van der Waals surface area (Å²) in [6, 6.07) is 26.0. The first-order chi connectivity index (χ1) is 15.3. The van der Waals surface area contributed by atoms with Gasteiger partial charge in [0.1, 0.15) is 19.8 Å². The number of ether oxygens (including phenoxy) is 2. The fourth-order valence-corrected chi connectivity index (χ4v) is 2.93. The Morgan fingerprint density at radius 2 is 1.39 bits per heavy atom. The second-order valence-corrected chi connectivity index (χ2v) is 6.84. The van der Waals surface area contributed by atoms with E-state index in [0.29, 0.717) is 31.3 Å². The van der Waals surface area contributed by atoms with Crippen molar-refractivity contribution in [2.45, 2.75) is 26.4 Å². The molecule has 0 bridgehead atoms. The predicted octanol–water partition coefficient (Wildman–Crippen LogP) is 4.33. The molecule has 7 heteroatoms. The van der Waals surface area contributed by atoms with Gasteiger partial charge in [0.05, 0.1) is 0 Å². The molecule has 7 nitrogen and oxygen atoms in total. The number of benzene rings is 3. The molecule has 0 aliphatic carbocycles. The van der Waals surface area contributed by atoms with Crippen LogP contribution in [0.25, 0.3) is 0 Å². The Morgan fingerprint density at radius 3 is 2.00 bits per heavy atom. The third-order valence-corrected chi connectivity index (χ3v) is 4.53. The zero-order valence-electron chi connectivity index (χ0n) is 16.9. The van der Waals surface area contributed by atoms with Crippen molar-refractivity contribution in [1.29, 1.82) is 0 Å². The summed E-state index contributed by atoms with van der Waals surface area (Å²) in [6.45, 7) is 1.04. The van der Waals surface area contributed by atoms with E-state index in [-0.39, 0.29) is 18.5 Å². The Morgan fingerprint density at radius 1 is 0.742 bits per heavy atom. The van der Waals surface area contributed by atoms with Gasteiger partial charge in [-0.3, -0.25) is 0 Å². The maximum atomic E-state index is 9.03. The molecule has 0 unspecified atom stereocenters. The Hall–Kier alpha value is -3.84. The monoisotopic (exact) mass is 417 g/mol. The minimum absolute atomic E-state index is 0.166. The van der Waals surface area contributed by atoms with Crippen molar-refractivity contribution < 1.29 is 19.0 Å². The minimum atomic E-state index is -0.292. The lowest BCUT2D eigenvalue weighted by molar-refractivity contribution is 0.241. The first-order valence-corrected chi connectivity index (χ1v) is 9.93. The van der Waals surface area contributed by atoms with Gasteiger partial charge in [0.25, 0.3) is 0 Å². The summed E-state index contributed by atoms with van der Waals surface area (Å²) >= 11 is 0. The Bertz CT molecular complexity index is 1080. The average Bonchev–Trinajstić information content (AvgIpc) is 3.30. The molecule has 4 rings (SSSR count). The highest BCUT2D eigenvalue weighted by atomic mass is 16.5. The fourth-order valence-electron chi connectivity index (χ4n) is 2.93. The number of hydrogen-bond acceptors (Lipinski definition) is 7. The third-order valence-electron chi connectivity index (χ3n) is 4.53. The van der Waals surface area contributed by atoms with Crippen LogP contribution in [0.1, 0.15) is 22.6 Å². The highest BCUT2D eigenvalue weighted by molar-refractivity contribution is 5.44. The third kappa shape index (κ3) is 5.83. The molecule has 0 saturated carbocycles. The van der Waals surface area contributed by atoms with E-state index in [2.05, 4.69) is 15.5 Å². The zero-order chi connectivity index (χ0) is 21.3. The van der Waals surface area contributed by atoms with Gasteiger partial charge in [-0.05, 0) is 28.8 Å². The van der Waals surface area contributed by atoms with E-state index in [1.165, 1.54) is 0 Å². The first kappa shape index (κ1) is 20.4. The fraction of sp³-hybridized carbons (Fsp3) is 0.167. The minimum Gasteiger partial charge on any atom is -0.485 e. The molecule has 1 aromatic heterocycles. The smallest absolute Gasteiger partial charge is 0.315 e. The Labute approximate surface area is 180 Å². The number of anilines is 1. The van der Waals surface area contributed by atoms with E-state index >= 15 is 0 Å². The lowest BCUT2D eigenvalue weighted by Crippen LogP contribution is -2.03. The molecule has 2 N–H and O–H groups in total. The van der Waals surface area contributed by atoms with Crippen LogP contribution in [0.4, 0.5) is 6.01 Å². The molecule has 0 spiro atoms. The highest BCUT2D eigenvalue weighted by Crippen LogP contribution is 2.30. The molecule has 0 aliphatic rings. The van der Waals surface area contributed by atoms with Gasteiger partial charge in [0.2, 0.25) is 5.89 Å². The molecular weight excluding hydrogens is 394 g/mol. The standard InChI is InChI=1S/C24H23N3O4/c28-15-23-26-27-24(31-23)25-14-20-11-12-21(29-16-18-7-3-1-4-8-18)22(13-20)30-17-19-9-5-2-6-10-19/h1-13,28H,14-17H2,(H,25,27). The van der Waals surface area contributed by atoms with Crippen molar-refractivity contribution in [2.75, 3.05) is 5.32 Å². The number of aromatic nitrogens is 2. The molecule has 0 radical (unpaired) electrons. The first-order valence-electron chi connectivity index (χ1n) is 9.93. The van der Waals surface area contributed by atoms with Crippen LogP contribution in [-0.2, 0) is 26.4 Å². The second-order valence-electron chi connectivity index (χ2n) is 6.84. The van der Waals surface area contributed by atoms with Gasteiger partial charge >= 0.3 is 6.01 Å². The summed E-state index contributed by atoms with van der Waals surface area (Å²) in [4.78, 5) is 0. The molecule has 0 amide bonds. The number of nitrogens with one attached hydrogen (secondary N) is 1. The number of rotatable bonds is 10. The normalized spacial score (nSPS) is 10.6. The summed E-state index contributed by atoms with van der Waals surface area (Å²) in [5, 5.41) is 19.6. The van der Waals surface area contributed by atoms with Gasteiger partial charge in [-0.2, -0.15) is 0 Å². The Kier molecular flexibility index (Phi) is 6.77. The van der Waals surface area contributed by atoms with Crippen molar-refractivity contribution in [3.63, 3.8) is 0 Å². The van der Waals surface area contributed by atoms with Crippen LogP contribution in [0.2, 0.25) is 0 Å². The van der Waals surface area contributed by atoms with Crippen LogP contribution in [0.5, 0.6) is 11.5 Å². The number of aliphatic hydroxyl groups is 1. The number of hydrogen-bond donors (Lipinski definition) is 2. The molecule has 0 aliphatic heterocycles. The Balaban J connectivity index is 1.47. The van der Waals surface area contributed by atoms with E-state index in [1.807, 2.05) is 78.9 Å². The number of aliphatic hydroxyl groups excluding tert-OH is 1. The molecule has 31 heavy (non-hydrogen) atoms. The van der Waals surface area contributed by atoms with Crippen LogP contribution in [0, 0.1) is 0 Å². The molecular formula is C24H23N3O4. The SMILES string of the molecule is OCc1nnc(NCc2ccc(OCc3ccccc3)c(OCc3ccccc3)c2)o1. The van der Waals surface area contributed by atoms with Gasteiger partial charge in [-0.15, -0.1) is 5.10 Å². The molecule has 3 aromatic carbocycles. The highest BCUT2D eigenvalue weighted by Gasteiger charge is 2.10. The summed E-state index contributed by atoms with van der Waals surface area (Å²) in [5.41, 5.74) is 3.11. The topological polar surface area (TPSA) is 89.6 Å². The quantitative estimate of drug-likeness (QED) is 0.397. The second kappa shape index (κ2) is 10.3. The van der Waals surface area contributed by atoms with Crippen LogP contribution in [0.15, 0.2) is 83.3 Å². The molecule has 1 heterocycles. The lowest BCUT2D eigenvalue weighted by atomic mass is 10.2. The van der Waals surface area contributed by atoms with Crippen molar-refractivity contribution in [3.8, 4) is 11.5 Å². The van der Waals surface area contributed by atoms with Crippen molar-refractivity contribution >= 4 is 6.01 Å². The van der Waals surface area contributed by atoms with Crippen molar-refractivity contribution in [3.05, 3.63) is 101 Å². The van der Waals surface area contributed by atoms with Crippen LogP contribution in [0.3, 0.4) is 0 Å². The summed E-state index contributed by atoms with van der Waals surface area (Å²) in [5.74, 6) is 1.49. The van der Waals surface area contributed by atoms with E-state index in [9.17, 15) is 0 Å². The maximum Gasteiger partial charge on any atom is 0.315 e.